The summed E-state index contributed by atoms with van der Waals surface area (Å²) < 4.78 is 4.73. The summed E-state index contributed by atoms with van der Waals surface area (Å²) in [5.41, 5.74) is 2.89. The van der Waals surface area contributed by atoms with Crippen molar-refractivity contribution in [2.24, 2.45) is 5.92 Å². The highest BCUT2D eigenvalue weighted by Gasteiger charge is 2.29. The molecule has 1 saturated heterocycles. The fourth-order valence-electron chi connectivity index (χ4n) is 3.64. The summed E-state index contributed by atoms with van der Waals surface area (Å²) in [6, 6.07) is 0. The van der Waals surface area contributed by atoms with Crippen LogP contribution in [0.2, 0.25) is 0 Å². The van der Waals surface area contributed by atoms with E-state index in [0.717, 1.165) is 43.4 Å². The second-order valence-corrected chi connectivity index (χ2v) is 6.61. The first-order valence-corrected chi connectivity index (χ1v) is 8.61. The summed E-state index contributed by atoms with van der Waals surface area (Å²) in [4.78, 5) is 26.0. The van der Waals surface area contributed by atoms with Crippen LogP contribution in [0.25, 0.3) is 0 Å². The highest BCUT2D eigenvalue weighted by Crippen LogP contribution is 2.25. The van der Waals surface area contributed by atoms with Gasteiger partial charge in [0.2, 0.25) is 0 Å². The standard InChI is InChI=1S/C17H25N3O3/c1-23-15(21)11-12-7-9-20(10-8-12)17(22)16-13-5-3-2-4-6-14(13)18-19-16/h12H,2-11H2,1H3,(H,18,19). The van der Waals surface area contributed by atoms with E-state index in [1.165, 1.54) is 20.0 Å². The van der Waals surface area contributed by atoms with Crippen LogP contribution < -0.4 is 0 Å². The van der Waals surface area contributed by atoms with Crippen molar-refractivity contribution >= 4 is 11.9 Å². The van der Waals surface area contributed by atoms with Crippen molar-refractivity contribution in [1.29, 1.82) is 0 Å². The highest BCUT2D eigenvalue weighted by molar-refractivity contribution is 5.94. The molecule has 0 aromatic carbocycles. The Hall–Kier alpha value is -1.85. The Morgan fingerprint density at radius 2 is 1.96 bits per heavy atom. The zero-order valence-electron chi connectivity index (χ0n) is 13.8. The smallest absolute Gasteiger partial charge is 0.305 e. The lowest BCUT2D eigenvalue weighted by Crippen LogP contribution is -2.39. The number of aryl methyl sites for hydroxylation is 1. The molecule has 6 nitrogen and oxygen atoms in total. The molecule has 3 rings (SSSR count). The molecule has 1 fully saturated rings. The van der Waals surface area contributed by atoms with Crippen molar-refractivity contribution in [3.63, 3.8) is 0 Å². The minimum absolute atomic E-state index is 0.0425. The lowest BCUT2D eigenvalue weighted by Gasteiger charge is -2.31. The summed E-state index contributed by atoms with van der Waals surface area (Å²) in [6.45, 7) is 1.39. The number of rotatable bonds is 3. The number of nitrogens with one attached hydrogen (secondary N) is 1. The summed E-state index contributed by atoms with van der Waals surface area (Å²) in [5.74, 6) is 0.205. The van der Waals surface area contributed by atoms with E-state index in [1.54, 1.807) is 0 Å². The van der Waals surface area contributed by atoms with Gasteiger partial charge in [-0.05, 0) is 44.4 Å². The number of amides is 1. The molecule has 1 aromatic heterocycles. The Labute approximate surface area is 136 Å². The average molecular weight is 319 g/mol. The number of aromatic nitrogens is 2. The topological polar surface area (TPSA) is 75.3 Å². The van der Waals surface area contributed by atoms with Gasteiger partial charge in [-0.3, -0.25) is 14.7 Å². The van der Waals surface area contributed by atoms with Gasteiger partial charge in [-0.2, -0.15) is 5.10 Å². The molecule has 126 valence electrons. The van der Waals surface area contributed by atoms with Crippen LogP contribution in [0.1, 0.15) is 60.3 Å². The van der Waals surface area contributed by atoms with E-state index in [2.05, 4.69) is 10.2 Å². The monoisotopic (exact) mass is 319 g/mol. The van der Waals surface area contributed by atoms with E-state index < -0.39 is 0 Å². The number of hydrogen-bond donors (Lipinski definition) is 1. The number of piperidine rings is 1. The zero-order chi connectivity index (χ0) is 16.2. The fourth-order valence-corrected chi connectivity index (χ4v) is 3.64. The number of ether oxygens (including phenoxy) is 1. The van der Waals surface area contributed by atoms with E-state index in [9.17, 15) is 9.59 Å². The van der Waals surface area contributed by atoms with Gasteiger partial charge in [0.25, 0.3) is 5.91 Å². The van der Waals surface area contributed by atoms with Crippen LogP contribution in [-0.2, 0) is 22.4 Å². The molecule has 1 aromatic rings. The van der Waals surface area contributed by atoms with Crippen LogP contribution in [0.3, 0.4) is 0 Å². The molecule has 2 aliphatic rings. The van der Waals surface area contributed by atoms with Crippen LogP contribution in [0.4, 0.5) is 0 Å². The van der Waals surface area contributed by atoms with Gasteiger partial charge in [-0.1, -0.05) is 6.42 Å². The van der Waals surface area contributed by atoms with Gasteiger partial charge < -0.3 is 9.64 Å². The number of methoxy groups -OCH3 is 1. The first kappa shape index (κ1) is 16.0. The minimum Gasteiger partial charge on any atom is -0.469 e. The third-order valence-corrected chi connectivity index (χ3v) is 5.09. The first-order valence-electron chi connectivity index (χ1n) is 8.61. The fraction of sp³-hybridized carbons (Fsp3) is 0.706. The number of aromatic amines is 1. The Kier molecular flexibility index (Phi) is 4.98. The predicted molar refractivity (Wildman–Crippen MR) is 85.1 cm³/mol. The third-order valence-electron chi connectivity index (χ3n) is 5.09. The number of nitrogens with zero attached hydrogens (tertiary/aromatic N) is 2. The number of likely N-dealkylation sites (tertiary alicyclic amines) is 1. The molecule has 1 aliphatic heterocycles. The molecule has 2 heterocycles. The van der Waals surface area contributed by atoms with Gasteiger partial charge in [0.05, 0.1) is 7.11 Å². The van der Waals surface area contributed by atoms with Crippen molar-refractivity contribution in [3.05, 3.63) is 17.0 Å². The second kappa shape index (κ2) is 7.15. The summed E-state index contributed by atoms with van der Waals surface area (Å²) >= 11 is 0. The molecule has 0 atom stereocenters. The van der Waals surface area contributed by atoms with Crippen LogP contribution in [0.5, 0.6) is 0 Å². The Morgan fingerprint density at radius 3 is 2.70 bits per heavy atom. The molecule has 1 amide bonds. The van der Waals surface area contributed by atoms with Gasteiger partial charge in [0, 0.05) is 30.8 Å². The molecular weight excluding hydrogens is 294 g/mol. The maximum Gasteiger partial charge on any atom is 0.305 e. The molecule has 1 aliphatic carbocycles. The van der Waals surface area contributed by atoms with Gasteiger partial charge in [0.15, 0.2) is 5.69 Å². The van der Waals surface area contributed by atoms with Gasteiger partial charge in [-0.15, -0.1) is 0 Å². The van der Waals surface area contributed by atoms with Crippen LogP contribution >= 0.6 is 0 Å². The Balaban J connectivity index is 1.62. The van der Waals surface area contributed by atoms with Crippen molar-refractivity contribution in [1.82, 2.24) is 15.1 Å². The normalized spacial score (nSPS) is 19.1. The van der Waals surface area contributed by atoms with Crippen LogP contribution in [-0.4, -0.2) is 47.2 Å². The van der Waals surface area contributed by atoms with Crippen molar-refractivity contribution < 1.29 is 14.3 Å². The molecular formula is C17H25N3O3. The quantitative estimate of drug-likeness (QED) is 0.684. The van der Waals surface area contributed by atoms with Crippen LogP contribution in [0, 0.1) is 5.92 Å². The molecule has 1 N–H and O–H groups in total. The van der Waals surface area contributed by atoms with E-state index >= 15 is 0 Å². The summed E-state index contributed by atoms with van der Waals surface area (Å²) in [5, 5.41) is 7.37. The molecule has 0 radical (unpaired) electrons. The maximum atomic E-state index is 12.8. The van der Waals surface area contributed by atoms with Gasteiger partial charge >= 0.3 is 5.97 Å². The largest absolute Gasteiger partial charge is 0.469 e. The van der Waals surface area contributed by atoms with Crippen molar-refractivity contribution in [2.75, 3.05) is 20.2 Å². The number of carbonyl (C=O) groups is 2. The van der Waals surface area contributed by atoms with E-state index in [1.807, 2.05) is 4.90 Å². The summed E-state index contributed by atoms with van der Waals surface area (Å²) in [7, 11) is 1.42. The van der Waals surface area contributed by atoms with Crippen molar-refractivity contribution in [2.45, 2.75) is 51.4 Å². The molecule has 0 bridgehead atoms. The number of hydrogen-bond acceptors (Lipinski definition) is 4. The molecule has 0 unspecified atom stereocenters. The zero-order valence-corrected chi connectivity index (χ0v) is 13.8. The lowest BCUT2D eigenvalue weighted by molar-refractivity contribution is -0.142. The molecule has 0 saturated carbocycles. The average Bonchev–Trinajstić information content (AvgIpc) is 2.83. The first-order chi connectivity index (χ1) is 11.2. The predicted octanol–water partition coefficient (Wildman–Crippen LogP) is 2.09. The number of fused-ring (bicyclic) bond motifs is 1. The van der Waals surface area contributed by atoms with E-state index in [0.29, 0.717) is 31.1 Å². The third kappa shape index (κ3) is 3.57. The number of H-pyrrole nitrogens is 1. The van der Waals surface area contributed by atoms with Gasteiger partial charge in [-0.25, -0.2) is 0 Å². The number of carbonyl (C=O) groups excluding carboxylic acids is 2. The minimum atomic E-state index is -0.160. The summed E-state index contributed by atoms with van der Waals surface area (Å²) in [6.07, 6.45) is 7.63. The molecule has 23 heavy (non-hydrogen) atoms. The second-order valence-electron chi connectivity index (χ2n) is 6.61. The lowest BCUT2D eigenvalue weighted by atomic mass is 9.93. The van der Waals surface area contributed by atoms with E-state index in [-0.39, 0.29) is 11.9 Å². The number of esters is 1. The Bertz CT molecular complexity index is 574. The molecule has 6 heteroatoms. The SMILES string of the molecule is COC(=O)CC1CCN(C(=O)c2n[nH]c3c2CCCCC3)CC1. The van der Waals surface area contributed by atoms with Gasteiger partial charge in [0.1, 0.15) is 0 Å². The molecule has 0 spiro atoms. The van der Waals surface area contributed by atoms with E-state index in [4.69, 9.17) is 4.74 Å². The maximum absolute atomic E-state index is 12.8. The van der Waals surface area contributed by atoms with Crippen LogP contribution in [0.15, 0.2) is 0 Å². The highest BCUT2D eigenvalue weighted by atomic mass is 16.5. The van der Waals surface area contributed by atoms with Crippen molar-refractivity contribution in [3.8, 4) is 0 Å². The Morgan fingerprint density at radius 1 is 1.22 bits per heavy atom.